The molecule has 0 aliphatic carbocycles. The first-order valence-corrected chi connectivity index (χ1v) is 18.9. The maximum atomic E-state index is 13.3. The van der Waals surface area contributed by atoms with Crippen molar-refractivity contribution in [2.24, 2.45) is 0 Å². The van der Waals surface area contributed by atoms with Gasteiger partial charge in [-0.25, -0.2) is 47.7 Å². The van der Waals surface area contributed by atoms with Crippen LogP contribution in [0, 0.1) is 5.95 Å². The number of rotatable bonds is 12. The van der Waals surface area contributed by atoms with Gasteiger partial charge in [-0.15, -0.1) is 10.2 Å². The predicted molar refractivity (Wildman–Crippen MR) is 220 cm³/mol. The number of alkyl halides is 2. The van der Waals surface area contributed by atoms with Gasteiger partial charge >= 0.3 is 0 Å². The molecule has 8 aromatic heterocycles. The molecular formula is C41H39F3N14O2. The van der Waals surface area contributed by atoms with Crippen LogP contribution in [0.5, 0.6) is 11.8 Å². The molecule has 0 aromatic carbocycles. The molecule has 19 heteroatoms. The predicted octanol–water partition coefficient (Wildman–Crippen LogP) is 7.16. The molecule has 16 nitrogen and oxygen atoms in total. The van der Waals surface area contributed by atoms with Gasteiger partial charge in [0.1, 0.15) is 28.2 Å². The third kappa shape index (κ3) is 9.47. The van der Waals surface area contributed by atoms with Gasteiger partial charge in [-0.2, -0.15) is 4.39 Å². The number of pyridine rings is 4. The first-order valence-electron chi connectivity index (χ1n) is 18.9. The summed E-state index contributed by atoms with van der Waals surface area (Å²) in [6, 6.07) is 25.0. The number of hydrogen-bond acceptors (Lipinski definition) is 14. The Bertz CT molecular complexity index is 2720. The van der Waals surface area contributed by atoms with Crippen LogP contribution >= 0.6 is 0 Å². The van der Waals surface area contributed by atoms with Crippen molar-refractivity contribution in [2.45, 2.75) is 18.8 Å². The molecule has 0 amide bonds. The molecule has 0 radical (unpaired) electrons. The van der Waals surface area contributed by atoms with E-state index in [1.165, 1.54) is 12.3 Å². The summed E-state index contributed by atoms with van der Waals surface area (Å²) < 4.78 is 53.8. The fourth-order valence-corrected chi connectivity index (χ4v) is 6.38. The molecule has 1 aliphatic heterocycles. The summed E-state index contributed by atoms with van der Waals surface area (Å²) in [6.07, 6.45) is 6.59. The summed E-state index contributed by atoms with van der Waals surface area (Å²) in [5, 5.41) is 18.8. The first kappa shape index (κ1) is 39.4. The third-order valence-electron chi connectivity index (χ3n) is 9.44. The van der Waals surface area contributed by atoms with Crippen LogP contribution in [0.2, 0.25) is 0 Å². The molecule has 8 aromatic rings. The molecule has 0 bridgehead atoms. The molecule has 60 heavy (non-hydrogen) atoms. The minimum atomic E-state index is -2.53. The Kier molecular flexibility index (Phi) is 11.6. The van der Waals surface area contributed by atoms with Gasteiger partial charge in [-0.3, -0.25) is 0 Å². The Balaban J connectivity index is 0.000000176. The molecule has 9 heterocycles. The van der Waals surface area contributed by atoms with Crippen LogP contribution < -0.4 is 25.4 Å². The second-order valence-electron chi connectivity index (χ2n) is 13.5. The van der Waals surface area contributed by atoms with E-state index in [1.807, 2.05) is 65.7 Å². The summed E-state index contributed by atoms with van der Waals surface area (Å²) in [6.45, 7) is 2.12. The van der Waals surface area contributed by atoms with Crippen LogP contribution in [0.25, 0.3) is 34.1 Å². The van der Waals surface area contributed by atoms with Crippen LogP contribution in [0.4, 0.5) is 42.0 Å². The molecule has 1 saturated heterocycles. The average Bonchev–Trinajstić information content (AvgIpc) is 3.96. The molecule has 0 unspecified atom stereocenters. The second kappa shape index (κ2) is 17.6. The van der Waals surface area contributed by atoms with Gasteiger partial charge < -0.3 is 30.3 Å². The van der Waals surface area contributed by atoms with Gasteiger partial charge in [-0.1, -0.05) is 12.1 Å². The van der Waals surface area contributed by atoms with Crippen molar-refractivity contribution in [1.82, 2.24) is 54.0 Å². The minimum Gasteiger partial charge on any atom is -0.481 e. The van der Waals surface area contributed by atoms with Crippen molar-refractivity contribution in [3.63, 3.8) is 0 Å². The highest BCUT2D eigenvalue weighted by Gasteiger charge is 2.33. The quantitative estimate of drug-likeness (QED) is 0.106. The van der Waals surface area contributed by atoms with Gasteiger partial charge in [0, 0.05) is 99.4 Å². The summed E-state index contributed by atoms with van der Waals surface area (Å²) in [5.41, 5.74) is 4.06. The van der Waals surface area contributed by atoms with Crippen LogP contribution in [-0.4, -0.2) is 100 Å². The van der Waals surface area contributed by atoms with Crippen LogP contribution in [0.15, 0.2) is 110 Å². The summed E-state index contributed by atoms with van der Waals surface area (Å²) >= 11 is 0. The first-order chi connectivity index (χ1) is 29.2. The fourth-order valence-electron chi connectivity index (χ4n) is 6.38. The van der Waals surface area contributed by atoms with Gasteiger partial charge in [0.15, 0.2) is 11.6 Å². The Morgan fingerprint density at radius 3 is 1.77 bits per heavy atom. The summed E-state index contributed by atoms with van der Waals surface area (Å²) in [5.74, 6) is 0.569. The minimum absolute atomic E-state index is 0.0783. The van der Waals surface area contributed by atoms with Crippen molar-refractivity contribution in [2.75, 3.05) is 56.3 Å². The SMILES string of the molecule is COc1cccc(-c2nc(Nc3ccnc(F)c3)c3cccn3n2)n1.COc1cccc(-c2nc(Nc3ccnc(NCCN4CCC(F)(F)CC4)c3)c3cccn3n2)n1. The zero-order chi connectivity index (χ0) is 41.5. The molecule has 1 fully saturated rings. The van der Waals surface area contributed by atoms with E-state index in [4.69, 9.17) is 14.5 Å². The number of likely N-dealkylation sites (tertiary alicyclic amines) is 1. The van der Waals surface area contributed by atoms with E-state index >= 15 is 0 Å². The second-order valence-corrected chi connectivity index (χ2v) is 13.5. The van der Waals surface area contributed by atoms with E-state index in [0.717, 1.165) is 16.7 Å². The number of fused-ring (bicyclic) bond motifs is 2. The van der Waals surface area contributed by atoms with Crippen LogP contribution in [0.1, 0.15) is 12.8 Å². The normalized spacial score (nSPS) is 13.7. The Morgan fingerprint density at radius 2 is 1.22 bits per heavy atom. The molecule has 306 valence electrons. The molecule has 9 rings (SSSR count). The van der Waals surface area contributed by atoms with Crippen molar-refractivity contribution >= 4 is 39.9 Å². The Labute approximate surface area is 341 Å². The number of hydrogen-bond donors (Lipinski definition) is 3. The number of anilines is 5. The summed E-state index contributed by atoms with van der Waals surface area (Å²) in [7, 11) is 3.11. The highest BCUT2D eigenvalue weighted by Crippen LogP contribution is 2.28. The zero-order valence-corrected chi connectivity index (χ0v) is 32.5. The molecule has 0 saturated carbocycles. The van der Waals surface area contributed by atoms with Gasteiger partial charge in [0.2, 0.25) is 29.4 Å². The number of methoxy groups -OCH3 is 2. The lowest BCUT2D eigenvalue weighted by Gasteiger charge is -2.31. The van der Waals surface area contributed by atoms with E-state index in [2.05, 4.69) is 51.1 Å². The number of aromatic nitrogens is 10. The van der Waals surface area contributed by atoms with Crippen molar-refractivity contribution < 1.29 is 22.6 Å². The van der Waals surface area contributed by atoms with Crippen LogP contribution in [-0.2, 0) is 0 Å². The number of halogens is 3. The summed E-state index contributed by atoms with van der Waals surface area (Å²) in [4.78, 5) is 28.0. The van der Waals surface area contributed by atoms with Crippen molar-refractivity contribution in [1.29, 1.82) is 0 Å². The smallest absolute Gasteiger partial charge is 0.250 e. The highest BCUT2D eigenvalue weighted by molar-refractivity contribution is 5.76. The number of nitrogens with zero attached hydrogens (tertiary/aromatic N) is 11. The highest BCUT2D eigenvalue weighted by atomic mass is 19.3. The van der Waals surface area contributed by atoms with Gasteiger partial charge in [-0.05, 0) is 48.5 Å². The monoisotopic (exact) mass is 816 g/mol. The Hall–Kier alpha value is -7.41. The van der Waals surface area contributed by atoms with Crippen molar-refractivity contribution in [3.05, 3.63) is 116 Å². The Morgan fingerprint density at radius 1 is 0.667 bits per heavy atom. The zero-order valence-electron chi connectivity index (χ0n) is 32.5. The molecule has 1 aliphatic rings. The molecule has 3 N–H and O–H groups in total. The van der Waals surface area contributed by atoms with E-state index in [1.54, 1.807) is 59.9 Å². The van der Waals surface area contributed by atoms with Crippen LogP contribution in [0.3, 0.4) is 0 Å². The average molecular weight is 817 g/mol. The van der Waals surface area contributed by atoms with Gasteiger partial charge in [0.25, 0.3) is 5.92 Å². The largest absolute Gasteiger partial charge is 0.481 e. The standard InChI is InChI=1S/C24H26F2N8O.C17H13FN6O/c1-35-21-6-2-4-18(30-21)22-31-23(19-5-3-12-34(19)32-22)29-17-7-10-27-20(16-17)28-11-15-33-13-8-24(25,26)9-14-33;1-25-15-6-2-4-12(21-15)16-22-17(13-5-3-9-24(13)23-16)20-11-7-8-19-14(18)10-11/h2-7,10,12,16H,8-9,11,13-15H2,1H3,(H2,27,28,29,31,32);2-10H,1H3,(H,19,20,22,23). The fraction of sp³-hybridized carbons (Fsp3) is 0.220. The maximum Gasteiger partial charge on any atom is 0.250 e. The third-order valence-corrected chi connectivity index (χ3v) is 9.44. The van der Waals surface area contributed by atoms with E-state index in [0.29, 0.717) is 84.1 Å². The number of nitrogens with one attached hydrogen (secondary N) is 3. The molecule has 0 atom stereocenters. The van der Waals surface area contributed by atoms with E-state index in [9.17, 15) is 13.2 Å². The molecular weight excluding hydrogens is 778 g/mol. The van der Waals surface area contributed by atoms with E-state index in [-0.39, 0.29) is 12.8 Å². The number of ether oxygens (including phenoxy) is 2. The number of piperidine rings is 1. The lowest BCUT2D eigenvalue weighted by atomic mass is 10.1. The van der Waals surface area contributed by atoms with Crippen molar-refractivity contribution in [3.8, 4) is 34.8 Å². The van der Waals surface area contributed by atoms with Gasteiger partial charge in [0.05, 0.1) is 14.2 Å². The molecule has 0 spiro atoms. The topological polar surface area (TPSA) is 170 Å². The maximum absolute atomic E-state index is 13.3. The lowest BCUT2D eigenvalue weighted by molar-refractivity contribution is -0.0543. The van der Waals surface area contributed by atoms with E-state index < -0.39 is 11.9 Å². The lowest BCUT2D eigenvalue weighted by Crippen LogP contribution is -2.41.